The fourth-order valence-corrected chi connectivity index (χ4v) is 1.88. The van der Waals surface area contributed by atoms with Crippen molar-refractivity contribution in [3.8, 4) is 5.75 Å². The molecule has 1 aromatic carbocycles. The Hall–Kier alpha value is -1.29. The Labute approximate surface area is 108 Å². The van der Waals surface area contributed by atoms with Crippen LogP contribution in [0.5, 0.6) is 5.75 Å². The van der Waals surface area contributed by atoms with Gasteiger partial charge in [-0.2, -0.15) is 0 Å². The van der Waals surface area contributed by atoms with Crippen LogP contribution >= 0.6 is 15.9 Å². The molecule has 0 aliphatic heterocycles. The van der Waals surface area contributed by atoms with Gasteiger partial charge in [0.15, 0.2) is 0 Å². The SMILES string of the molecule is Cc1c(OCCCBr)ccc2ccc(=O)oc12. The summed E-state index contributed by atoms with van der Waals surface area (Å²) in [5, 5.41) is 1.82. The molecule has 2 rings (SSSR count). The molecule has 1 heterocycles. The highest BCUT2D eigenvalue weighted by molar-refractivity contribution is 9.09. The van der Waals surface area contributed by atoms with Crippen molar-refractivity contribution >= 4 is 26.9 Å². The molecule has 0 aliphatic rings. The summed E-state index contributed by atoms with van der Waals surface area (Å²) in [5.41, 5.74) is 1.14. The summed E-state index contributed by atoms with van der Waals surface area (Å²) >= 11 is 3.35. The third kappa shape index (κ3) is 2.69. The largest absolute Gasteiger partial charge is 0.493 e. The minimum atomic E-state index is -0.335. The molecule has 0 N–H and O–H groups in total. The second-order valence-electron chi connectivity index (χ2n) is 3.75. The smallest absolute Gasteiger partial charge is 0.336 e. The van der Waals surface area contributed by atoms with Crippen LogP contribution in [0.1, 0.15) is 12.0 Å². The van der Waals surface area contributed by atoms with Gasteiger partial charge in [0.1, 0.15) is 11.3 Å². The summed E-state index contributed by atoms with van der Waals surface area (Å²) < 4.78 is 10.8. The first-order valence-corrected chi connectivity index (χ1v) is 6.57. The Balaban J connectivity index is 2.38. The maximum atomic E-state index is 11.2. The van der Waals surface area contributed by atoms with Crippen molar-refractivity contribution in [2.45, 2.75) is 13.3 Å². The number of fused-ring (bicyclic) bond motifs is 1. The number of halogens is 1. The topological polar surface area (TPSA) is 39.4 Å². The van der Waals surface area contributed by atoms with Crippen molar-refractivity contribution in [2.24, 2.45) is 0 Å². The second kappa shape index (κ2) is 5.36. The lowest BCUT2D eigenvalue weighted by atomic mass is 10.1. The monoisotopic (exact) mass is 296 g/mol. The van der Waals surface area contributed by atoms with Crippen LogP contribution in [-0.2, 0) is 0 Å². The molecule has 90 valence electrons. The Morgan fingerprint density at radius 2 is 2.06 bits per heavy atom. The van der Waals surface area contributed by atoms with Gasteiger partial charge in [-0.15, -0.1) is 0 Å². The predicted molar refractivity (Wildman–Crippen MR) is 71.1 cm³/mol. The van der Waals surface area contributed by atoms with E-state index in [0.29, 0.717) is 12.2 Å². The highest BCUT2D eigenvalue weighted by atomic mass is 79.9. The lowest BCUT2D eigenvalue weighted by Gasteiger charge is -2.09. The second-order valence-corrected chi connectivity index (χ2v) is 4.55. The molecule has 3 nitrogen and oxygen atoms in total. The predicted octanol–water partition coefficient (Wildman–Crippen LogP) is 3.27. The quantitative estimate of drug-likeness (QED) is 0.494. The van der Waals surface area contributed by atoms with Crippen LogP contribution < -0.4 is 10.4 Å². The fourth-order valence-electron chi connectivity index (χ4n) is 1.65. The van der Waals surface area contributed by atoms with E-state index in [4.69, 9.17) is 9.15 Å². The Kier molecular flexibility index (Phi) is 3.84. The van der Waals surface area contributed by atoms with Crippen LogP contribution in [0.2, 0.25) is 0 Å². The molecule has 0 amide bonds. The van der Waals surface area contributed by atoms with Gasteiger partial charge in [-0.1, -0.05) is 15.9 Å². The van der Waals surface area contributed by atoms with E-state index in [0.717, 1.165) is 28.5 Å². The van der Waals surface area contributed by atoms with E-state index in [-0.39, 0.29) is 5.63 Å². The average Bonchev–Trinajstić information content (AvgIpc) is 2.33. The van der Waals surface area contributed by atoms with Crippen LogP contribution in [0.25, 0.3) is 11.0 Å². The van der Waals surface area contributed by atoms with Gasteiger partial charge in [0.05, 0.1) is 6.61 Å². The molecular weight excluding hydrogens is 284 g/mol. The van der Waals surface area contributed by atoms with E-state index in [9.17, 15) is 4.79 Å². The number of aryl methyl sites for hydroxylation is 1. The van der Waals surface area contributed by atoms with Crippen molar-refractivity contribution in [3.05, 3.63) is 40.2 Å². The lowest BCUT2D eigenvalue weighted by Crippen LogP contribution is -2.01. The van der Waals surface area contributed by atoms with Crippen LogP contribution in [0.15, 0.2) is 33.5 Å². The molecule has 17 heavy (non-hydrogen) atoms. The van der Waals surface area contributed by atoms with Crippen molar-refractivity contribution in [3.63, 3.8) is 0 Å². The van der Waals surface area contributed by atoms with E-state index in [1.807, 2.05) is 19.1 Å². The lowest BCUT2D eigenvalue weighted by molar-refractivity contribution is 0.317. The maximum Gasteiger partial charge on any atom is 0.336 e. The summed E-state index contributed by atoms with van der Waals surface area (Å²) in [6.07, 6.45) is 0.941. The number of benzene rings is 1. The van der Waals surface area contributed by atoms with Crippen LogP contribution in [0, 0.1) is 6.92 Å². The molecule has 0 radical (unpaired) electrons. The Morgan fingerprint density at radius 1 is 1.29 bits per heavy atom. The molecule has 1 aromatic heterocycles. The first-order chi connectivity index (χ1) is 8.22. The molecule has 2 aromatic rings. The number of hydrogen-bond donors (Lipinski definition) is 0. The summed E-state index contributed by atoms with van der Waals surface area (Å²) in [6, 6.07) is 6.99. The summed E-state index contributed by atoms with van der Waals surface area (Å²) in [4.78, 5) is 11.2. The number of ether oxygens (including phenoxy) is 1. The van der Waals surface area contributed by atoms with E-state index >= 15 is 0 Å². The molecule has 0 saturated carbocycles. The molecule has 4 heteroatoms. The van der Waals surface area contributed by atoms with Gasteiger partial charge in [-0.25, -0.2) is 4.79 Å². The highest BCUT2D eigenvalue weighted by Gasteiger charge is 2.07. The van der Waals surface area contributed by atoms with E-state index in [1.54, 1.807) is 6.07 Å². The Morgan fingerprint density at radius 3 is 2.82 bits per heavy atom. The third-order valence-corrected chi connectivity index (χ3v) is 3.08. The standard InChI is InChI=1S/C13H13BrO3/c1-9-11(16-8-2-7-14)5-3-10-4-6-12(15)17-13(9)10/h3-6H,2,7-8H2,1H3. The van der Waals surface area contributed by atoms with Crippen molar-refractivity contribution in [1.82, 2.24) is 0 Å². The molecular formula is C13H13BrO3. The Bertz CT molecular complexity index is 574. The molecule has 0 bridgehead atoms. The van der Waals surface area contributed by atoms with Crippen molar-refractivity contribution in [1.29, 1.82) is 0 Å². The van der Waals surface area contributed by atoms with E-state index < -0.39 is 0 Å². The zero-order valence-corrected chi connectivity index (χ0v) is 11.1. The van der Waals surface area contributed by atoms with Gasteiger partial charge >= 0.3 is 5.63 Å². The van der Waals surface area contributed by atoms with Gasteiger partial charge in [0, 0.05) is 22.3 Å². The first-order valence-electron chi connectivity index (χ1n) is 5.44. The fraction of sp³-hybridized carbons (Fsp3) is 0.308. The van der Waals surface area contributed by atoms with Gasteiger partial charge in [0.25, 0.3) is 0 Å². The molecule has 0 atom stereocenters. The van der Waals surface area contributed by atoms with E-state index in [2.05, 4.69) is 15.9 Å². The summed E-state index contributed by atoms with van der Waals surface area (Å²) in [7, 11) is 0. The molecule has 0 fully saturated rings. The zero-order chi connectivity index (χ0) is 12.3. The molecule has 0 aliphatic carbocycles. The molecule has 0 saturated heterocycles. The van der Waals surface area contributed by atoms with Crippen LogP contribution in [0.3, 0.4) is 0 Å². The number of hydrogen-bond acceptors (Lipinski definition) is 3. The zero-order valence-electron chi connectivity index (χ0n) is 9.53. The van der Waals surface area contributed by atoms with Crippen molar-refractivity contribution in [2.75, 3.05) is 11.9 Å². The van der Waals surface area contributed by atoms with Gasteiger partial charge in [-0.05, 0) is 31.5 Å². The van der Waals surface area contributed by atoms with Gasteiger partial charge in [-0.3, -0.25) is 0 Å². The first kappa shape index (κ1) is 12.2. The highest BCUT2D eigenvalue weighted by Crippen LogP contribution is 2.26. The average molecular weight is 297 g/mol. The van der Waals surface area contributed by atoms with Crippen molar-refractivity contribution < 1.29 is 9.15 Å². The molecule has 0 unspecified atom stereocenters. The van der Waals surface area contributed by atoms with Gasteiger partial charge < -0.3 is 9.15 Å². The summed E-state index contributed by atoms with van der Waals surface area (Å²) in [5.74, 6) is 0.771. The van der Waals surface area contributed by atoms with Gasteiger partial charge in [0.2, 0.25) is 0 Å². The summed E-state index contributed by atoms with van der Waals surface area (Å²) in [6.45, 7) is 2.55. The normalized spacial score (nSPS) is 10.7. The minimum Gasteiger partial charge on any atom is -0.493 e. The minimum absolute atomic E-state index is 0.335. The number of alkyl halides is 1. The number of rotatable bonds is 4. The van der Waals surface area contributed by atoms with Crippen LogP contribution in [0.4, 0.5) is 0 Å². The van der Waals surface area contributed by atoms with Crippen LogP contribution in [-0.4, -0.2) is 11.9 Å². The van der Waals surface area contributed by atoms with E-state index in [1.165, 1.54) is 6.07 Å². The molecule has 0 spiro atoms. The maximum absolute atomic E-state index is 11.2. The third-order valence-electron chi connectivity index (χ3n) is 2.52.